The summed E-state index contributed by atoms with van der Waals surface area (Å²) in [5, 5.41) is 13.2. The highest BCUT2D eigenvalue weighted by molar-refractivity contribution is 5.39. The van der Waals surface area contributed by atoms with Gasteiger partial charge < -0.3 is 19.9 Å². The summed E-state index contributed by atoms with van der Waals surface area (Å²) in [6.07, 6.45) is 2.22. The van der Waals surface area contributed by atoms with Crippen LogP contribution in [-0.4, -0.2) is 38.0 Å². The van der Waals surface area contributed by atoms with E-state index in [2.05, 4.69) is 12.2 Å². The highest BCUT2D eigenvalue weighted by Gasteiger charge is 2.27. The average Bonchev–Trinajstić information content (AvgIpc) is 3.30. The van der Waals surface area contributed by atoms with Crippen molar-refractivity contribution < 1.29 is 14.6 Å². The van der Waals surface area contributed by atoms with Crippen molar-refractivity contribution in [2.75, 3.05) is 26.8 Å². The van der Waals surface area contributed by atoms with Crippen LogP contribution in [0.2, 0.25) is 0 Å². The zero-order chi connectivity index (χ0) is 14.4. The quantitative estimate of drug-likeness (QED) is 0.726. The largest absolute Gasteiger partial charge is 0.493 e. The molecule has 0 radical (unpaired) electrons. The Morgan fingerprint density at radius 2 is 1.95 bits per heavy atom. The molecule has 1 aromatic carbocycles. The number of benzene rings is 1. The van der Waals surface area contributed by atoms with Crippen LogP contribution in [0.5, 0.6) is 11.5 Å². The fourth-order valence-electron chi connectivity index (χ4n) is 2.29. The van der Waals surface area contributed by atoms with Crippen LogP contribution in [0.15, 0.2) is 24.3 Å². The molecule has 1 fully saturated rings. The number of rotatable bonds is 9. The Labute approximate surface area is 121 Å². The maximum atomic E-state index is 9.91. The lowest BCUT2D eigenvalue weighted by Gasteiger charge is -2.16. The Bertz CT molecular complexity index is 406. The minimum atomic E-state index is -0.508. The molecule has 0 aromatic heterocycles. The van der Waals surface area contributed by atoms with Crippen molar-refractivity contribution in [3.05, 3.63) is 24.3 Å². The van der Waals surface area contributed by atoms with Crippen LogP contribution in [0.25, 0.3) is 0 Å². The zero-order valence-corrected chi connectivity index (χ0v) is 12.3. The molecule has 112 valence electrons. The molecule has 1 aliphatic carbocycles. The summed E-state index contributed by atoms with van der Waals surface area (Å²) in [7, 11) is 1.61. The highest BCUT2D eigenvalue weighted by atomic mass is 16.5. The molecule has 0 bridgehead atoms. The van der Waals surface area contributed by atoms with Crippen LogP contribution in [-0.2, 0) is 0 Å². The summed E-state index contributed by atoms with van der Waals surface area (Å²) in [6.45, 7) is 4.07. The first-order valence-corrected chi connectivity index (χ1v) is 7.35. The minimum Gasteiger partial charge on any atom is -0.493 e. The molecule has 1 aromatic rings. The molecule has 4 nitrogen and oxygen atoms in total. The molecule has 2 N–H and O–H groups in total. The van der Waals surface area contributed by atoms with Crippen LogP contribution in [0.4, 0.5) is 0 Å². The second kappa shape index (κ2) is 7.50. The van der Waals surface area contributed by atoms with Gasteiger partial charge in [0.15, 0.2) is 11.5 Å². The van der Waals surface area contributed by atoms with Crippen LogP contribution >= 0.6 is 0 Å². The summed E-state index contributed by atoms with van der Waals surface area (Å²) in [4.78, 5) is 0. The first-order valence-electron chi connectivity index (χ1n) is 7.35. The van der Waals surface area contributed by atoms with E-state index in [0.29, 0.717) is 24.0 Å². The van der Waals surface area contributed by atoms with E-state index in [1.54, 1.807) is 7.11 Å². The zero-order valence-electron chi connectivity index (χ0n) is 12.3. The minimum absolute atomic E-state index is 0.269. The van der Waals surface area contributed by atoms with E-state index in [1.807, 2.05) is 24.3 Å². The Kier molecular flexibility index (Phi) is 5.68. The number of hydrogen-bond acceptors (Lipinski definition) is 4. The van der Waals surface area contributed by atoms with Crippen molar-refractivity contribution in [3.63, 3.8) is 0 Å². The second-order valence-electron chi connectivity index (χ2n) is 5.59. The van der Waals surface area contributed by atoms with E-state index in [4.69, 9.17) is 9.47 Å². The number of aliphatic hydroxyl groups is 1. The summed E-state index contributed by atoms with van der Waals surface area (Å²) in [5.41, 5.74) is 0. The van der Waals surface area contributed by atoms with Crippen molar-refractivity contribution in [1.29, 1.82) is 0 Å². The SMILES string of the molecule is COc1ccccc1OCC(O)CNCC(C)C1CC1. The summed E-state index contributed by atoms with van der Waals surface area (Å²) >= 11 is 0. The Balaban J connectivity index is 1.65. The predicted octanol–water partition coefficient (Wildman–Crippen LogP) is 2.07. The van der Waals surface area contributed by atoms with Crippen molar-refractivity contribution in [2.45, 2.75) is 25.9 Å². The molecule has 0 heterocycles. The summed E-state index contributed by atoms with van der Waals surface area (Å²) in [5.74, 6) is 2.96. The van der Waals surface area contributed by atoms with Gasteiger partial charge in [0.25, 0.3) is 0 Å². The molecule has 2 rings (SSSR count). The number of para-hydroxylation sites is 2. The molecule has 0 spiro atoms. The van der Waals surface area contributed by atoms with E-state index >= 15 is 0 Å². The van der Waals surface area contributed by atoms with Crippen LogP contribution in [0, 0.1) is 11.8 Å². The number of nitrogens with one attached hydrogen (secondary N) is 1. The molecule has 20 heavy (non-hydrogen) atoms. The maximum Gasteiger partial charge on any atom is 0.161 e. The molecule has 2 atom stereocenters. The fourth-order valence-corrected chi connectivity index (χ4v) is 2.29. The topological polar surface area (TPSA) is 50.7 Å². The van der Waals surface area contributed by atoms with Crippen molar-refractivity contribution in [2.24, 2.45) is 11.8 Å². The van der Waals surface area contributed by atoms with Crippen molar-refractivity contribution >= 4 is 0 Å². The van der Waals surface area contributed by atoms with Gasteiger partial charge in [-0.25, -0.2) is 0 Å². The van der Waals surface area contributed by atoms with Gasteiger partial charge in [0, 0.05) is 6.54 Å². The van der Waals surface area contributed by atoms with Gasteiger partial charge in [0.1, 0.15) is 12.7 Å². The fraction of sp³-hybridized carbons (Fsp3) is 0.625. The number of hydrogen-bond donors (Lipinski definition) is 2. The summed E-state index contributed by atoms with van der Waals surface area (Å²) in [6, 6.07) is 7.47. The molecule has 1 aliphatic rings. The van der Waals surface area contributed by atoms with Crippen LogP contribution in [0.1, 0.15) is 19.8 Å². The Morgan fingerprint density at radius 1 is 1.25 bits per heavy atom. The van der Waals surface area contributed by atoms with E-state index in [9.17, 15) is 5.11 Å². The second-order valence-corrected chi connectivity index (χ2v) is 5.59. The lowest BCUT2D eigenvalue weighted by molar-refractivity contribution is 0.103. The first kappa shape index (κ1) is 15.1. The smallest absolute Gasteiger partial charge is 0.161 e. The van der Waals surface area contributed by atoms with Crippen molar-refractivity contribution in [3.8, 4) is 11.5 Å². The molecule has 1 saturated carbocycles. The van der Waals surface area contributed by atoms with E-state index in [-0.39, 0.29) is 6.61 Å². The molecule has 0 amide bonds. The molecule has 0 aliphatic heterocycles. The van der Waals surface area contributed by atoms with Crippen molar-refractivity contribution in [1.82, 2.24) is 5.32 Å². The van der Waals surface area contributed by atoms with E-state index in [1.165, 1.54) is 12.8 Å². The molecule has 0 saturated heterocycles. The molecular weight excluding hydrogens is 254 g/mol. The van der Waals surface area contributed by atoms with E-state index in [0.717, 1.165) is 12.5 Å². The van der Waals surface area contributed by atoms with Gasteiger partial charge in [-0.15, -0.1) is 0 Å². The third-order valence-electron chi connectivity index (χ3n) is 3.77. The van der Waals surface area contributed by atoms with Gasteiger partial charge >= 0.3 is 0 Å². The van der Waals surface area contributed by atoms with Gasteiger partial charge in [-0.05, 0) is 43.4 Å². The van der Waals surface area contributed by atoms with Gasteiger partial charge in [-0.3, -0.25) is 0 Å². The lowest BCUT2D eigenvalue weighted by atomic mass is 10.1. The monoisotopic (exact) mass is 279 g/mol. The van der Waals surface area contributed by atoms with Crippen LogP contribution < -0.4 is 14.8 Å². The lowest BCUT2D eigenvalue weighted by Crippen LogP contribution is -2.34. The predicted molar refractivity (Wildman–Crippen MR) is 79.3 cm³/mol. The first-order chi connectivity index (χ1) is 9.70. The normalized spacial score (nSPS) is 17.6. The van der Waals surface area contributed by atoms with E-state index < -0.39 is 6.10 Å². The molecule has 2 unspecified atom stereocenters. The number of methoxy groups -OCH3 is 1. The third-order valence-corrected chi connectivity index (χ3v) is 3.77. The highest BCUT2D eigenvalue weighted by Crippen LogP contribution is 2.36. The summed E-state index contributed by atoms with van der Waals surface area (Å²) < 4.78 is 10.8. The average molecular weight is 279 g/mol. The van der Waals surface area contributed by atoms with Gasteiger partial charge in [-0.1, -0.05) is 19.1 Å². The van der Waals surface area contributed by atoms with Gasteiger partial charge in [0.05, 0.1) is 7.11 Å². The standard InChI is InChI=1S/C16H25NO3/c1-12(13-7-8-13)9-17-10-14(18)11-20-16-6-4-3-5-15(16)19-2/h3-6,12-14,17-18H,7-11H2,1-2H3. The molecule has 4 heteroatoms. The third kappa shape index (κ3) is 4.69. The van der Waals surface area contributed by atoms with Gasteiger partial charge in [0.2, 0.25) is 0 Å². The van der Waals surface area contributed by atoms with Crippen LogP contribution in [0.3, 0.4) is 0 Å². The number of ether oxygens (including phenoxy) is 2. The maximum absolute atomic E-state index is 9.91. The van der Waals surface area contributed by atoms with Gasteiger partial charge in [-0.2, -0.15) is 0 Å². The Morgan fingerprint density at radius 3 is 2.60 bits per heavy atom. The molecular formula is C16H25NO3. The number of aliphatic hydroxyl groups excluding tert-OH is 1. The Hall–Kier alpha value is -1.26.